The average Bonchev–Trinajstić information content (AvgIpc) is 2.83. The number of benzene rings is 2. The summed E-state index contributed by atoms with van der Waals surface area (Å²) >= 11 is 3.47. The van der Waals surface area contributed by atoms with Crippen molar-refractivity contribution in [2.75, 3.05) is 0 Å². The van der Waals surface area contributed by atoms with Gasteiger partial charge in [-0.05, 0) is 30.7 Å². The summed E-state index contributed by atoms with van der Waals surface area (Å²) in [4.78, 5) is 15.2. The van der Waals surface area contributed by atoms with Gasteiger partial charge in [-0.2, -0.15) is 0 Å². The SMILES string of the molecule is Cc1c(Br)cccc1-c1nc2cc(C=O)c(O)cc2o1. The topological polar surface area (TPSA) is 63.3 Å². The van der Waals surface area contributed by atoms with Crippen LogP contribution in [0.15, 0.2) is 39.2 Å². The van der Waals surface area contributed by atoms with Crippen molar-refractivity contribution in [1.29, 1.82) is 0 Å². The molecule has 0 aliphatic carbocycles. The standard InChI is InChI=1S/C15H10BrNO3/c1-8-10(3-2-4-11(8)16)15-17-12-5-9(7-18)13(19)6-14(12)20-15/h2-7,19H,1H3. The van der Waals surface area contributed by atoms with Crippen LogP contribution in [0, 0.1) is 6.92 Å². The molecule has 20 heavy (non-hydrogen) atoms. The summed E-state index contributed by atoms with van der Waals surface area (Å²) in [6.45, 7) is 1.96. The molecule has 0 radical (unpaired) electrons. The van der Waals surface area contributed by atoms with Crippen molar-refractivity contribution in [3.8, 4) is 17.2 Å². The zero-order valence-corrected chi connectivity index (χ0v) is 12.1. The van der Waals surface area contributed by atoms with Crippen LogP contribution in [0.5, 0.6) is 5.75 Å². The molecule has 0 saturated heterocycles. The van der Waals surface area contributed by atoms with Crippen LogP contribution in [0.25, 0.3) is 22.6 Å². The van der Waals surface area contributed by atoms with Crippen LogP contribution in [-0.4, -0.2) is 16.4 Å². The first kappa shape index (κ1) is 12.9. The van der Waals surface area contributed by atoms with E-state index in [2.05, 4.69) is 20.9 Å². The molecule has 0 fully saturated rings. The molecule has 5 heteroatoms. The highest BCUT2D eigenvalue weighted by Crippen LogP contribution is 2.32. The van der Waals surface area contributed by atoms with Crippen molar-refractivity contribution in [3.05, 3.63) is 45.9 Å². The van der Waals surface area contributed by atoms with Gasteiger partial charge in [0.25, 0.3) is 0 Å². The lowest BCUT2D eigenvalue weighted by Crippen LogP contribution is -1.84. The second-order valence-corrected chi connectivity index (χ2v) is 5.28. The van der Waals surface area contributed by atoms with Gasteiger partial charge >= 0.3 is 0 Å². The fourth-order valence-corrected chi connectivity index (χ4v) is 2.39. The fourth-order valence-electron chi connectivity index (χ4n) is 2.03. The summed E-state index contributed by atoms with van der Waals surface area (Å²) in [5.74, 6) is 0.349. The molecule has 1 aromatic heterocycles. The molecule has 0 atom stereocenters. The number of nitrogens with zero attached hydrogens (tertiary/aromatic N) is 1. The van der Waals surface area contributed by atoms with Crippen molar-refractivity contribution in [3.63, 3.8) is 0 Å². The maximum Gasteiger partial charge on any atom is 0.227 e. The lowest BCUT2D eigenvalue weighted by Gasteiger charge is -2.02. The van der Waals surface area contributed by atoms with Crippen LogP contribution in [0.1, 0.15) is 15.9 Å². The Bertz CT molecular complexity index is 823. The van der Waals surface area contributed by atoms with Gasteiger partial charge in [0.2, 0.25) is 5.89 Å². The smallest absolute Gasteiger partial charge is 0.227 e. The molecule has 0 bridgehead atoms. The van der Waals surface area contributed by atoms with Crippen molar-refractivity contribution in [2.45, 2.75) is 6.92 Å². The third-order valence-electron chi connectivity index (χ3n) is 3.16. The van der Waals surface area contributed by atoms with E-state index in [0.717, 1.165) is 15.6 Å². The van der Waals surface area contributed by atoms with Crippen molar-refractivity contribution in [2.24, 2.45) is 0 Å². The summed E-state index contributed by atoms with van der Waals surface area (Å²) < 4.78 is 6.63. The lowest BCUT2D eigenvalue weighted by molar-refractivity contribution is 0.112. The minimum Gasteiger partial charge on any atom is -0.507 e. The lowest BCUT2D eigenvalue weighted by atomic mass is 10.1. The molecule has 3 aromatic rings. The summed E-state index contributed by atoms with van der Waals surface area (Å²) in [5.41, 5.74) is 3.06. The number of halogens is 1. The number of phenolic OH excluding ortho intramolecular Hbond substituents is 1. The second-order valence-electron chi connectivity index (χ2n) is 4.43. The van der Waals surface area contributed by atoms with E-state index in [9.17, 15) is 9.90 Å². The molecule has 0 aliphatic heterocycles. The van der Waals surface area contributed by atoms with E-state index in [1.807, 2.05) is 25.1 Å². The Labute approximate surface area is 123 Å². The number of hydrogen-bond acceptors (Lipinski definition) is 4. The van der Waals surface area contributed by atoms with Gasteiger partial charge in [-0.25, -0.2) is 4.98 Å². The van der Waals surface area contributed by atoms with Crippen LogP contribution >= 0.6 is 15.9 Å². The largest absolute Gasteiger partial charge is 0.507 e. The summed E-state index contributed by atoms with van der Waals surface area (Å²) in [5, 5.41) is 9.66. The number of aldehydes is 1. The van der Waals surface area contributed by atoms with Gasteiger partial charge in [-0.1, -0.05) is 22.0 Å². The Kier molecular flexibility index (Phi) is 3.06. The molecule has 100 valence electrons. The molecule has 0 saturated carbocycles. The average molecular weight is 332 g/mol. The molecule has 3 rings (SSSR count). The monoisotopic (exact) mass is 331 g/mol. The van der Waals surface area contributed by atoms with E-state index in [0.29, 0.717) is 23.3 Å². The first-order chi connectivity index (χ1) is 9.60. The minimum atomic E-state index is -0.110. The molecule has 0 aliphatic rings. The van der Waals surface area contributed by atoms with E-state index in [4.69, 9.17) is 4.42 Å². The fraction of sp³-hybridized carbons (Fsp3) is 0.0667. The predicted molar refractivity (Wildman–Crippen MR) is 78.9 cm³/mol. The molecule has 0 amide bonds. The third-order valence-corrected chi connectivity index (χ3v) is 4.02. The Morgan fingerprint density at radius 1 is 1.35 bits per heavy atom. The first-order valence-electron chi connectivity index (χ1n) is 5.94. The number of carbonyl (C=O) groups excluding carboxylic acids is 1. The van der Waals surface area contributed by atoms with Crippen LogP contribution in [-0.2, 0) is 0 Å². The minimum absolute atomic E-state index is 0.110. The maximum absolute atomic E-state index is 10.8. The molecule has 1 N–H and O–H groups in total. The van der Waals surface area contributed by atoms with Gasteiger partial charge in [0.1, 0.15) is 11.3 Å². The Morgan fingerprint density at radius 3 is 2.90 bits per heavy atom. The highest BCUT2D eigenvalue weighted by Gasteiger charge is 2.14. The summed E-state index contributed by atoms with van der Waals surface area (Å²) in [6, 6.07) is 8.67. The molecule has 4 nitrogen and oxygen atoms in total. The molecular formula is C15H10BrNO3. The Morgan fingerprint density at radius 2 is 2.15 bits per heavy atom. The Hall–Kier alpha value is -2.14. The van der Waals surface area contributed by atoms with Crippen molar-refractivity contribution < 1.29 is 14.3 Å². The quantitative estimate of drug-likeness (QED) is 0.718. The highest BCUT2D eigenvalue weighted by molar-refractivity contribution is 9.10. The number of rotatable bonds is 2. The highest BCUT2D eigenvalue weighted by atomic mass is 79.9. The van der Waals surface area contributed by atoms with Gasteiger partial charge in [0.15, 0.2) is 11.9 Å². The van der Waals surface area contributed by atoms with E-state index in [1.165, 1.54) is 12.1 Å². The van der Waals surface area contributed by atoms with Crippen LogP contribution < -0.4 is 0 Å². The zero-order valence-electron chi connectivity index (χ0n) is 10.6. The zero-order chi connectivity index (χ0) is 14.3. The van der Waals surface area contributed by atoms with Crippen molar-refractivity contribution >= 4 is 33.3 Å². The number of oxazole rings is 1. The molecule has 0 unspecified atom stereocenters. The molecule has 2 aromatic carbocycles. The van der Waals surface area contributed by atoms with Gasteiger partial charge in [-0.15, -0.1) is 0 Å². The van der Waals surface area contributed by atoms with Gasteiger partial charge in [0.05, 0.1) is 5.56 Å². The van der Waals surface area contributed by atoms with Gasteiger partial charge in [-0.3, -0.25) is 4.79 Å². The van der Waals surface area contributed by atoms with Crippen LogP contribution in [0.3, 0.4) is 0 Å². The number of phenols is 1. The number of aromatic nitrogens is 1. The first-order valence-corrected chi connectivity index (χ1v) is 6.73. The number of fused-ring (bicyclic) bond motifs is 1. The Balaban J connectivity index is 2.23. The number of carbonyl (C=O) groups is 1. The number of aromatic hydroxyl groups is 1. The third kappa shape index (κ3) is 2.00. The van der Waals surface area contributed by atoms with E-state index in [-0.39, 0.29) is 11.3 Å². The van der Waals surface area contributed by atoms with Crippen LogP contribution in [0.2, 0.25) is 0 Å². The van der Waals surface area contributed by atoms with E-state index < -0.39 is 0 Å². The van der Waals surface area contributed by atoms with Gasteiger partial charge in [0, 0.05) is 16.1 Å². The van der Waals surface area contributed by atoms with Crippen LogP contribution in [0.4, 0.5) is 0 Å². The van der Waals surface area contributed by atoms with E-state index >= 15 is 0 Å². The molecule has 0 spiro atoms. The summed E-state index contributed by atoms with van der Waals surface area (Å²) in [6.07, 6.45) is 0.591. The van der Waals surface area contributed by atoms with Gasteiger partial charge < -0.3 is 9.52 Å². The number of hydrogen-bond donors (Lipinski definition) is 1. The summed E-state index contributed by atoms with van der Waals surface area (Å²) in [7, 11) is 0. The molecule has 1 heterocycles. The molecular weight excluding hydrogens is 322 g/mol. The predicted octanol–water partition coefficient (Wildman–Crippen LogP) is 4.08. The van der Waals surface area contributed by atoms with Crippen molar-refractivity contribution in [1.82, 2.24) is 4.98 Å². The second kappa shape index (κ2) is 4.76. The van der Waals surface area contributed by atoms with E-state index in [1.54, 1.807) is 0 Å². The maximum atomic E-state index is 10.8. The normalized spacial score (nSPS) is 10.9.